The third-order valence-electron chi connectivity index (χ3n) is 3.23. The molecular formula is C15H19N3O2. The van der Waals surface area contributed by atoms with E-state index in [0.717, 1.165) is 37.0 Å². The summed E-state index contributed by atoms with van der Waals surface area (Å²) in [7, 11) is 1.61. The Bertz CT molecular complexity index is 588. The minimum absolute atomic E-state index is 0.430. The van der Waals surface area contributed by atoms with Crippen LogP contribution in [0.3, 0.4) is 0 Å². The van der Waals surface area contributed by atoms with Gasteiger partial charge in [0.25, 0.3) is 0 Å². The predicted octanol–water partition coefficient (Wildman–Crippen LogP) is 2.75. The Morgan fingerprint density at radius 1 is 1.35 bits per heavy atom. The minimum atomic E-state index is 0.430. The summed E-state index contributed by atoms with van der Waals surface area (Å²) in [4.78, 5) is 11.3. The van der Waals surface area contributed by atoms with Crippen molar-refractivity contribution < 1.29 is 9.53 Å². The maximum atomic E-state index is 11.3. The zero-order valence-electron chi connectivity index (χ0n) is 11.8. The van der Waals surface area contributed by atoms with Gasteiger partial charge in [-0.15, -0.1) is 0 Å². The zero-order chi connectivity index (χ0) is 14.5. The molecule has 0 aliphatic carbocycles. The highest BCUT2D eigenvalue weighted by atomic mass is 16.5. The lowest BCUT2D eigenvalue weighted by Gasteiger charge is -2.02. The summed E-state index contributed by atoms with van der Waals surface area (Å²) in [6, 6.07) is 7.42. The van der Waals surface area contributed by atoms with Crippen molar-refractivity contribution in [3.63, 3.8) is 0 Å². The number of carbonyl (C=O) groups is 1. The molecule has 20 heavy (non-hydrogen) atoms. The van der Waals surface area contributed by atoms with Gasteiger partial charge in [0, 0.05) is 12.1 Å². The summed E-state index contributed by atoms with van der Waals surface area (Å²) in [6.07, 6.45) is 2.80. The van der Waals surface area contributed by atoms with E-state index in [2.05, 4.69) is 12.0 Å². The number of carbonyl (C=O) groups excluding carboxylic acids is 1. The summed E-state index contributed by atoms with van der Waals surface area (Å²) in [5.74, 6) is 1.19. The molecule has 106 valence electrons. The quantitative estimate of drug-likeness (QED) is 0.821. The molecule has 0 saturated heterocycles. The van der Waals surface area contributed by atoms with Crippen LogP contribution in [0.15, 0.2) is 24.3 Å². The highest BCUT2D eigenvalue weighted by Crippen LogP contribution is 2.27. The van der Waals surface area contributed by atoms with Crippen molar-refractivity contribution in [3.05, 3.63) is 29.8 Å². The SMILES string of the molecule is CCCCn1nc(-c2ccc(OC)cc2)c(C=O)c1N. The molecule has 2 aromatic rings. The van der Waals surface area contributed by atoms with E-state index in [4.69, 9.17) is 10.5 Å². The fraction of sp³-hybridized carbons (Fsp3) is 0.333. The van der Waals surface area contributed by atoms with E-state index < -0.39 is 0 Å². The van der Waals surface area contributed by atoms with Gasteiger partial charge in [-0.05, 0) is 30.7 Å². The van der Waals surface area contributed by atoms with Crippen molar-refractivity contribution >= 4 is 12.1 Å². The minimum Gasteiger partial charge on any atom is -0.497 e. The maximum absolute atomic E-state index is 11.3. The van der Waals surface area contributed by atoms with Crippen LogP contribution in [0.25, 0.3) is 11.3 Å². The lowest BCUT2D eigenvalue weighted by Crippen LogP contribution is -2.05. The van der Waals surface area contributed by atoms with Gasteiger partial charge in [-0.2, -0.15) is 5.10 Å². The van der Waals surface area contributed by atoms with Crippen LogP contribution in [-0.2, 0) is 6.54 Å². The molecule has 0 fully saturated rings. The molecule has 0 spiro atoms. The van der Waals surface area contributed by atoms with Gasteiger partial charge in [-0.3, -0.25) is 4.79 Å². The number of nitrogens with two attached hydrogens (primary N) is 1. The van der Waals surface area contributed by atoms with Crippen molar-refractivity contribution in [2.75, 3.05) is 12.8 Å². The van der Waals surface area contributed by atoms with E-state index in [1.807, 2.05) is 24.3 Å². The number of aromatic nitrogens is 2. The van der Waals surface area contributed by atoms with Crippen LogP contribution in [0, 0.1) is 0 Å². The van der Waals surface area contributed by atoms with Gasteiger partial charge >= 0.3 is 0 Å². The van der Waals surface area contributed by atoms with Gasteiger partial charge in [-0.25, -0.2) is 4.68 Å². The van der Waals surface area contributed by atoms with Gasteiger partial charge in [-0.1, -0.05) is 13.3 Å². The lowest BCUT2D eigenvalue weighted by molar-refractivity contribution is 0.112. The Balaban J connectivity index is 2.41. The molecule has 0 amide bonds. The zero-order valence-corrected chi connectivity index (χ0v) is 11.8. The van der Waals surface area contributed by atoms with E-state index in [9.17, 15) is 4.79 Å². The fourth-order valence-corrected chi connectivity index (χ4v) is 2.05. The van der Waals surface area contributed by atoms with Gasteiger partial charge in [0.15, 0.2) is 6.29 Å². The highest BCUT2D eigenvalue weighted by molar-refractivity contribution is 5.91. The summed E-state index contributed by atoms with van der Waals surface area (Å²) in [6.45, 7) is 2.82. The lowest BCUT2D eigenvalue weighted by atomic mass is 10.1. The number of nitrogens with zero attached hydrogens (tertiary/aromatic N) is 2. The van der Waals surface area contributed by atoms with E-state index in [0.29, 0.717) is 17.1 Å². The van der Waals surface area contributed by atoms with Crippen molar-refractivity contribution in [3.8, 4) is 17.0 Å². The molecule has 1 heterocycles. The number of methoxy groups -OCH3 is 1. The van der Waals surface area contributed by atoms with Gasteiger partial charge in [0.05, 0.1) is 12.7 Å². The van der Waals surface area contributed by atoms with Crippen LogP contribution in [-0.4, -0.2) is 23.2 Å². The number of aldehydes is 1. The number of hydrogen-bond acceptors (Lipinski definition) is 4. The molecule has 1 aromatic carbocycles. The summed E-state index contributed by atoms with van der Waals surface area (Å²) in [5, 5.41) is 4.46. The van der Waals surface area contributed by atoms with Crippen LogP contribution < -0.4 is 10.5 Å². The van der Waals surface area contributed by atoms with Crippen molar-refractivity contribution in [1.29, 1.82) is 0 Å². The van der Waals surface area contributed by atoms with E-state index in [-0.39, 0.29) is 0 Å². The molecule has 0 unspecified atom stereocenters. The first-order valence-corrected chi connectivity index (χ1v) is 6.67. The molecule has 0 saturated carbocycles. The number of hydrogen-bond donors (Lipinski definition) is 1. The highest BCUT2D eigenvalue weighted by Gasteiger charge is 2.16. The molecule has 2 N–H and O–H groups in total. The summed E-state index contributed by atoms with van der Waals surface area (Å²) >= 11 is 0. The first-order valence-electron chi connectivity index (χ1n) is 6.67. The predicted molar refractivity (Wildman–Crippen MR) is 78.9 cm³/mol. The smallest absolute Gasteiger partial charge is 0.156 e. The molecule has 5 heteroatoms. The molecule has 0 atom stereocenters. The topological polar surface area (TPSA) is 70.1 Å². The number of nitrogen functional groups attached to an aromatic ring is 1. The van der Waals surface area contributed by atoms with Crippen molar-refractivity contribution in [2.45, 2.75) is 26.3 Å². The normalized spacial score (nSPS) is 10.5. The summed E-state index contributed by atoms with van der Waals surface area (Å²) < 4.78 is 6.83. The van der Waals surface area contributed by atoms with Gasteiger partial charge in [0.1, 0.15) is 17.3 Å². The van der Waals surface area contributed by atoms with E-state index in [1.54, 1.807) is 11.8 Å². The largest absolute Gasteiger partial charge is 0.497 e. The van der Waals surface area contributed by atoms with Crippen LogP contribution in [0.1, 0.15) is 30.1 Å². The Labute approximate surface area is 118 Å². The molecule has 0 bridgehead atoms. The van der Waals surface area contributed by atoms with E-state index >= 15 is 0 Å². The number of aryl methyl sites for hydroxylation is 1. The second kappa shape index (κ2) is 6.23. The first kappa shape index (κ1) is 14.1. The van der Waals surface area contributed by atoms with Crippen LogP contribution in [0.4, 0.5) is 5.82 Å². The Morgan fingerprint density at radius 3 is 2.60 bits per heavy atom. The molecule has 0 aliphatic heterocycles. The molecule has 0 radical (unpaired) electrons. The second-order valence-corrected chi connectivity index (χ2v) is 4.57. The van der Waals surface area contributed by atoms with Gasteiger partial charge in [0.2, 0.25) is 0 Å². The third-order valence-corrected chi connectivity index (χ3v) is 3.23. The Kier molecular flexibility index (Phi) is 4.40. The molecule has 0 aliphatic rings. The first-order chi connectivity index (χ1) is 9.71. The van der Waals surface area contributed by atoms with Crippen LogP contribution in [0.5, 0.6) is 5.75 Å². The second-order valence-electron chi connectivity index (χ2n) is 4.57. The Hall–Kier alpha value is -2.30. The van der Waals surface area contributed by atoms with Crippen molar-refractivity contribution in [2.24, 2.45) is 0 Å². The third kappa shape index (κ3) is 2.66. The standard InChI is InChI=1S/C15H19N3O2/c1-3-4-9-18-15(16)13(10-19)14(17-18)11-5-7-12(20-2)8-6-11/h5-8,10H,3-4,9,16H2,1-2H3. The van der Waals surface area contributed by atoms with E-state index in [1.165, 1.54) is 0 Å². The number of benzene rings is 1. The van der Waals surface area contributed by atoms with Crippen LogP contribution >= 0.6 is 0 Å². The fourth-order valence-electron chi connectivity index (χ4n) is 2.05. The average molecular weight is 273 g/mol. The molecule has 1 aromatic heterocycles. The molecular weight excluding hydrogens is 254 g/mol. The van der Waals surface area contributed by atoms with Crippen molar-refractivity contribution in [1.82, 2.24) is 9.78 Å². The molecule has 2 rings (SSSR count). The monoisotopic (exact) mass is 273 g/mol. The number of rotatable bonds is 6. The number of unbranched alkanes of at least 4 members (excludes halogenated alkanes) is 1. The Morgan fingerprint density at radius 2 is 2.05 bits per heavy atom. The van der Waals surface area contributed by atoms with Gasteiger partial charge < -0.3 is 10.5 Å². The number of ether oxygens (including phenoxy) is 1. The summed E-state index contributed by atoms with van der Waals surface area (Å²) in [5.41, 5.74) is 7.92. The van der Waals surface area contributed by atoms with Crippen LogP contribution in [0.2, 0.25) is 0 Å². The number of anilines is 1. The average Bonchev–Trinajstić information content (AvgIpc) is 2.81. The molecule has 5 nitrogen and oxygen atoms in total. The maximum Gasteiger partial charge on any atom is 0.156 e.